The molecule has 2 aromatic rings. The van der Waals surface area contributed by atoms with Gasteiger partial charge in [0.25, 0.3) is 0 Å². The lowest BCUT2D eigenvalue weighted by atomic mass is 9.86. The fourth-order valence-corrected chi connectivity index (χ4v) is 6.20. The molecule has 4 fully saturated rings. The van der Waals surface area contributed by atoms with Crippen molar-refractivity contribution in [1.82, 2.24) is 4.98 Å². The summed E-state index contributed by atoms with van der Waals surface area (Å²) in [5.74, 6) is 1.07. The minimum atomic E-state index is 0.0242. The summed E-state index contributed by atoms with van der Waals surface area (Å²) in [4.78, 5) is 23.1. The summed E-state index contributed by atoms with van der Waals surface area (Å²) < 4.78 is 12.0. The third-order valence-electron chi connectivity index (χ3n) is 8.02. The van der Waals surface area contributed by atoms with Gasteiger partial charge in [-0.2, -0.15) is 0 Å². The summed E-state index contributed by atoms with van der Waals surface area (Å²) in [6.45, 7) is 6.42. The molecule has 1 aliphatic carbocycles. The number of pyridine rings is 1. The van der Waals surface area contributed by atoms with Gasteiger partial charge >= 0.3 is 0 Å². The fourth-order valence-electron chi connectivity index (χ4n) is 6.20. The number of fused-ring (bicyclic) bond motifs is 5. The maximum Gasteiger partial charge on any atom is 0.230 e. The molecular weight excluding hydrogens is 440 g/mol. The van der Waals surface area contributed by atoms with Crippen molar-refractivity contribution in [1.29, 1.82) is 0 Å². The quantitative estimate of drug-likeness (QED) is 0.668. The number of amides is 1. The summed E-state index contributed by atoms with van der Waals surface area (Å²) in [5.41, 5.74) is 4.11. The van der Waals surface area contributed by atoms with Crippen molar-refractivity contribution >= 4 is 28.8 Å². The topological polar surface area (TPSA) is 66.9 Å². The zero-order valence-corrected chi connectivity index (χ0v) is 20.8. The maximum absolute atomic E-state index is 14.0. The van der Waals surface area contributed by atoms with Crippen LogP contribution in [0.25, 0.3) is 0 Å². The van der Waals surface area contributed by atoms with E-state index in [0.717, 1.165) is 68.0 Å². The van der Waals surface area contributed by atoms with Gasteiger partial charge in [0, 0.05) is 29.9 Å². The number of carbonyl (C=O) groups excluding carboxylic acids is 1. The van der Waals surface area contributed by atoms with E-state index in [1.807, 2.05) is 11.0 Å². The maximum atomic E-state index is 14.0. The first kappa shape index (κ1) is 22.8. The zero-order chi connectivity index (χ0) is 23.9. The molecule has 2 atom stereocenters. The Morgan fingerprint density at radius 1 is 1.14 bits per heavy atom. The monoisotopic (exact) mass is 476 g/mol. The Kier molecular flexibility index (Phi) is 6.14. The molecule has 1 aromatic carbocycles. The second kappa shape index (κ2) is 9.43. The van der Waals surface area contributed by atoms with Crippen molar-refractivity contribution in [3.63, 3.8) is 0 Å². The summed E-state index contributed by atoms with van der Waals surface area (Å²) >= 11 is 0. The molecular formula is C28H36N4O3. The summed E-state index contributed by atoms with van der Waals surface area (Å²) in [6, 6.07) is 10.9. The lowest BCUT2D eigenvalue weighted by molar-refractivity contribution is -0.124. The number of hydrogen-bond donors (Lipinski definition) is 1. The highest BCUT2D eigenvalue weighted by molar-refractivity contribution is 6.00. The first-order valence-electron chi connectivity index (χ1n) is 13.2. The van der Waals surface area contributed by atoms with E-state index in [-0.39, 0.29) is 24.0 Å². The smallest absolute Gasteiger partial charge is 0.230 e. The van der Waals surface area contributed by atoms with Crippen LogP contribution >= 0.6 is 0 Å². The Hall–Kier alpha value is -2.64. The highest BCUT2D eigenvalue weighted by Gasteiger charge is 2.37. The largest absolute Gasteiger partial charge is 0.376 e. The molecule has 35 heavy (non-hydrogen) atoms. The number of nitrogens with one attached hydrogen (secondary N) is 1. The predicted molar refractivity (Wildman–Crippen MR) is 137 cm³/mol. The highest BCUT2D eigenvalue weighted by Crippen LogP contribution is 2.41. The van der Waals surface area contributed by atoms with Crippen molar-refractivity contribution < 1.29 is 14.3 Å². The van der Waals surface area contributed by atoms with Crippen molar-refractivity contribution in [3.05, 3.63) is 42.1 Å². The van der Waals surface area contributed by atoms with Crippen molar-refractivity contribution in [2.75, 3.05) is 28.3 Å². The second-order valence-electron chi connectivity index (χ2n) is 10.8. The van der Waals surface area contributed by atoms with E-state index in [1.54, 1.807) is 6.20 Å². The Balaban J connectivity index is 1.30. The van der Waals surface area contributed by atoms with Gasteiger partial charge in [0.1, 0.15) is 5.82 Å². The Morgan fingerprint density at radius 3 is 2.71 bits per heavy atom. The number of carbonyl (C=O) groups is 1. The van der Waals surface area contributed by atoms with Crippen LogP contribution in [0.15, 0.2) is 36.5 Å². The van der Waals surface area contributed by atoms with E-state index in [2.05, 4.69) is 53.3 Å². The van der Waals surface area contributed by atoms with Crippen LogP contribution in [0.2, 0.25) is 0 Å². The molecule has 1 amide bonds. The second-order valence-corrected chi connectivity index (χ2v) is 10.8. The minimum Gasteiger partial charge on any atom is -0.376 e. The first-order valence-corrected chi connectivity index (χ1v) is 13.2. The number of morpholine rings is 1. The van der Waals surface area contributed by atoms with E-state index in [1.165, 1.54) is 12.1 Å². The lowest BCUT2D eigenvalue weighted by Gasteiger charge is -2.46. The van der Waals surface area contributed by atoms with Crippen LogP contribution < -0.4 is 15.1 Å². The van der Waals surface area contributed by atoms with Gasteiger partial charge in [0.2, 0.25) is 5.91 Å². The number of rotatable bonds is 4. The molecule has 0 spiro atoms. The van der Waals surface area contributed by atoms with Crippen LogP contribution in [0.1, 0.15) is 57.9 Å². The number of nitrogens with zero attached hydrogens (tertiary/aromatic N) is 3. The average Bonchev–Trinajstić information content (AvgIpc) is 3.05. The average molecular weight is 477 g/mol. The molecule has 0 unspecified atom stereocenters. The number of piperidine rings is 1. The van der Waals surface area contributed by atoms with Crippen molar-refractivity contribution in [3.8, 4) is 0 Å². The number of hydrogen-bond acceptors (Lipinski definition) is 6. The molecule has 2 bridgehead atoms. The molecule has 7 nitrogen and oxygen atoms in total. The van der Waals surface area contributed by atoms with Crippen molar-refractivity contribution in [2.24, 2.45) is 5.92 Å². The molecule has 5 heterocycles. The number of benzene rings is 1. The van der Waals surface area contributed by atoms with Gasteiger partial charge in [0.05, 0.1) is 48.9 Å². The molecule has 0 radical (unpaired) electrons. The van der Waals surface area contributed by atoms with Gasteiger partial charge in [-0.15, -0.1) is 0 Å². The van der Waals surface area contributed by atoms with Gasteiger partial charge < -0.3 is 24.6 Å². The van der Waals surface area contributed by atoms with Gasteiger partial charge in [-0.05, 0) is 76.6 Å². The van der Waals surface area contributed by atoms with E-state index in [0.29, 0.717) is 18.7 Å². The van der Waals surface area contributed by atoms with Crippen LogP contribution in [0, 0.1) is 5.92 Å². The molecule has 186 valence electrons. The van der Waals surface area contributed by atoms with Gasteiger partial charge in [-0.1, -0.05) is 6.07 Å². The standard InChI is InChI=1S/C28H36N4O3/c1-18(2)35-23-9-5-19(6-10-23)28(33)32-15-20-4-3-13-29-27(20)30-25-12-8-21(14-26(25)32)31-16-24-11-7-22(31)17-34-24/h3-4,8,12-14,18-19,22-24H,5-7,9-11,15-17H2,1-2H3,(H,29,30)/t19?,22-,23?,24+/m1/s1. The first-order chi connectivity index (χ1) is 17.0. The van der Waals surface area contributed by atoms with Crippen molar-refractivity contribution in [2.45, 2.75) is 83.3 Å². The molecule has 7 heteroatoms. The molecule has 1 aromatic heterocycles. The van der Waals surface area contributed by atoms with E-state index >= 15 is 0 Å². The van der Waals surface area contributed by atoms with Gasteiger partial charge in [0.15, 0.2) is 0 Å². The lowest BCUT2D eigenvalue weighted by Crippen LogP contribution is -2.54. The number of anilines is 4. The zero-order valence-electron chi connectivity index (χ0n) is 20.8. The predicted octanol–water partition coefficient (Wildman–Crippen LogP) is 5.02. The van der Waals surface area contributed by atoms with E-state index in [9.17, 15) is 4.79 Å². The molecule has 1 N–H and O–H groups in total. The van der Waals surface area contributed by atoms with Gasteiger partial charge in [-0.3, -0.25) is 4.79 Å². The third kappa shape index (κ3) is 4.52. The Bertz CT molecular complexity index is 1070. The molecule has 3 saturated heterocycles. The van der Waals surface area contributed by atoms with Gasteiger partial charge in [-0.25, -0.2) is 4.98 Å². The van der Waals surface area contributed by atoms with Crippen LogP contribution in [0.5, 0.6) is 0 Å². The molecule has 7 rings (SSSR count). The van der Waals surface area contributed by atoms with E-state index in [4.69, 9.17) is 9.47 Å². The fraction of sp³-hybridized carbons (Fsp3) is 0.571. The SMILES string of the molecule is CC(C)OC1CCC(C(=O)N2Cc3cccnc3Nc3ccc(N4C[C@@H]5CC[C@@H]4CO5)cc32)CC1. The van der Waals surface area contributed by atoms with E-state index < -0.39 is 0 Å². The van der Waals surface area contributed by atoms with Crippen LogP contribution in [0.4, 0.5) is 22.9 Å². The highest BCUT2D eigenvalue weighted by atomic mass is 16.5. The number of aromatic nitrogens is 1. The Morgan fingerprint density at radius 2 is 2.00 bits per heavy atom. The molecule has 5 aliphatic rings. The molecule has 4 aliphatic heterocycles. The normalized spacial score (nSPS) is 27.7. The van der Waals surface area contributed by atoms with Crippen LogP contribution in [-0.2, 0) is 20.8 Å². The molecule has 1 saturated carbocycles. The third-order valence-corrected chi connectivity index (χ3v) is 8.02. The number of ether oxygens (including phenoxy) is 2. The summed E-state index contributed by atoms with van der Waals surface area (Å²) in [7, 11) is 0. The summed E-state index contributed by atoms with van der Waals surface area (Å²) in [5, 5.41) is 3.52. The summed E-state index contributed by atoms with van der Waals surface area (Å²) in [6.07, 6.45) is 8.57. The minimum absolute atomic E-state index is 0.0242. The Labute approximate surface area is 207 Å². The van der Waals surface area contributed by atoms with Crippen LogP contribution in [0.3, 0.4) is 0 Å². The van der Waals surface area contributed by atoms with Crippen LogP contribution in [-0.4, -0.2) is 48.4 Å².